The van der Waals surface area contributed by atoms with E-state index in [0.29, 0.717) is 11.8 Å². The quantitative estimate of drug-likeness (QED) is 0.125. The first-order valence-electron chi connectivity index (χ1n) is 18.1. The first kappa shape index (κ1) is 33.8. The molecule has 0 spiro atoms. The lowest BCUT2D eigenvalue weighted by atomic mass is 9.83. The molecule has 0 fully saturated rings. The Bertz CT molecular complexity index is 1020. The third kappa shape index (κ3) is 11.7. The standard InChI is InChI=1S/C42H62O/c1-5-7-33(3)9-11-35-13-21-39(22-14-35)41-25-17-37(18-26-41)29-31-43-32-30-38-19-27-42(28-20-38)40-23-15-36(16-24-40)12-10-34(4)8-6-2/h13-17,19,21-24,33-34,41-42H,5-12,18,20,25-32H2,1-4H3. The van der Waals surface area contributed by atoms with E-state index in [1.54, 1.807) is 11.1 Å². The third-order valence-electron chi connectivity index (χ3n) is 10.5. The fourth-order valence-electron chi connectivity index (χ4n) is 7.36. The second kappa shape index (κ2) is 18.6. The third-order valence-corrected chi connectivity index (χ3v) is 10.5. The molecule has 236 valence electrons. The average molecular weight is 583 g/mol. The molecule has 0 amide bonds. The van der Waals surface area contributed by atoms with E-state index in [9.17, 15) is 0 Å². The summed E-state index contributed by atoms with van der Waals surface area (Å²) in [5.41, 5.74) is 9.30. The predicted octanol–water partition coefficient (Wildman–Crippen LogP) is 12.3. The van der Waals surface area contributed by atoms with Gasteiger partial charge >= 0.3 is 0 Å². The van der Waals surface area contributed by atoms with Gasteiger partial charge in [-0.3, -0.25) is 0 Å². The van der Waals surface area contributed by atoms with Crippen LogP contribution in [0.25, 0.3) is 0 Å². The maximum Gasteiger partial charge on any atom is 0.0503 e. The average Bonchev–Trinajstić information content (AvgIpc) is 3.04. The van der Waals surface area contributed by atoms with Gasteiger partial charge in [0.2, 0.25) is 0 Å². The van der Waals surface area contributed by atoms with E-state index in [1.165, 1.54) is 112 Å². The molecular formula is C42H62O. The molecule has 0 bridgehead atoms. The van der Waals surface area contributed by atoms with Gasteiger partial charge in [0.15, 0.2) is 0 Å². The number of hydrogen-bond acceptors (Lipinski definition) is 1. The minimum Gasteiger partial charge on any atom is -0.381 e. The van der Waals surface area contributed by atoms with Crippen LogP contribution in [-0.4, -0.2) is 13.2 Å². The van der Waals surface area contributed by atoms with Crippen molar-refractivity contribution < 1.29 is 4.74 Å². The molecule has 2 aromatic rings. The Hall–Kier alpha value is -2.12. The van der Waals surface area contributed by atoms with E-state index in [4.69, 9.17) is 4.74 Å². The Labute approximate surface area is 265 Å². The minimum atomic E-state index is 0.692. The molecule has 1 heteroatoms. The van der Waals surface area contributed by atoms with E-state index < -0.39 is 0 Å². The summed E-state index contributed by atoms with van der Waals surface area (Å²) in [7, 11) is 0. The van der Waals surface area contributed by atoms with Gasteiger partial charge in [-0.15, -0.1) is 0 Å². The van der Waals surface area contributed by atoms with Crippen LogP contribution < -0.4 is 0 Å². The van der Waals surface area contributed by atoms with Crippen molar-refractivity contribution in [1.82, 2.24) is 0 Å². The zero-order valence-electron chi connectivity index (χ0n) is 28.2. The molecule has 0 N–H and O–H groups in total. The Morgan fingerprint density at radius 1 is 0.581 bits per heavy atom. The van der Waals surface area contributed by atoms with Crippen LogP contribution in [0.5, 0.6) is 0 Å². The largest absolute Gasteiger partial charge is 0.381 e. The van der Waals surface area contributed by atoms with Gasteiger partial charge in [0.25, 0.3) is 0 Å². The fraction of sp³-hybridized carbons (Fsp3) is 0.619. The van der Waals surface area contributed by atoms with E-state index in [0.717, 1.165) is 37.9 Å². The Balaban J connectivity index is 1.08. The van der Waals surface area contributed by atoms with Gasteiger partial charge in [-0.1, -0.05) is 125 Å². The molecule has 43 heavy (non-hydrogen) atoms. The topological polar surface area (TPSA) is 9.23 Å². The zero-order valence-corrected chi connectivity index (χ0v) is 28.2. The van der Waals surface area contributed by atoms with Gasteiger partial charge in [-0.05, 0) is 123 Å². The van der Waals surface area contributed by atoms with E-state index in [2.05, 4.69) is 88.4 Å². The summed E-state index contributed by atoms with van der Waals surface area (Å²) in [4.78, 5) is 0. The van der Waals surface area contributed by atoms with Crippen molar-refractivity contribution in [3.8, 4) is 0 Å². The molecule has 2 aliphatic rings. The van der Waals surface area contributed by atoms with Crippen molar-refractivity contribution in [3.05, 3.63) is 94.1 Å². The van der Waals surface area contributed by atoms with Crippen molar-refractivity contribution in [1.29, 1.82) is 0 Å². The van der Waals surface area contributed by atoms with Crippen LogP contribution in [0.4, 0.5) is 0 Å². The molecule has 1 nitrogen and oxygen atoms in total. The highest BCUT2D eigenvalue weighted by Crippen LogP contribution is 2.35. The van der Waals surface area contributed by atoms with Gasteiger partial charge in [0, 0.05) is 0 Å². The lowest BCUT2D eigenvalue weighted by Crippen LogP contribution is -2.08. The summed E-state index contributed by atoms with van der Waals surface area (Å²) < 4.78 is 6.12. The number of allylic oxidation sites excluding steroid dienone is 2. The zero-order chi connectivity index (χ0) is 30.3. The smallest absolute Gasteiger partial charge is 0.0503 e. The highest BCUT2D eigenvalue weighted by atomic mass is 16.5. The fourth-order valence-corrected chi connectivity index (χ4v) is 7.36. The van der Waals surface area contributed by atoms with Gasteiger partial charge in [0.05, 0.1) is 13.2 Å². The minimum absolute atomic E-state index is 0.692. The van der Waals surface area contributed by atoms with E-state index in [-0.39, 0.29) is 0 Å². The number of ether oxygens (including phenoxy) is 1. The molecule has 2 aliphatic carbocycles. The van der Waals surface area contributed by atoms with Crippen molar-refractivity contribution in [2.75, 3.05) is 13.2 Å². The van der Waals surface area contributed by atoms with Crippen molar-refractivity contribution in [2.45, 2.75) is 142 Å². The highest BCUT2D eigenvalue weighted by molar-refractivity contribution is 5.29. The van der Waals surface area contributed by atoms with Crippen LogP contribution in [0.15, 0.2) is 71.8 Å². The molecule has 2 aromatic carbocycles. The molecule has 4 unspecified atom stereocenters. The lowest BCUT2D eigenvalue weighted by Gasteiger charge is -2.23. The molecule has 0 heterocycles. The number of aryl methyl sites for hydroxylation is 2. The van der Waals surface area contributed by atoms with Gasteiger partial charge in [-0.25, -0.2) is 0 Å². The lowest BCUT2D eigenvalue weighted by molar-refractivity contribution is 0.138. The first-order valence-corrected chi connectivity index (χ1v) is 18.1. The summed E-state index contributed by atoms with van der Waals surface area (Å²) in [5, 5.41) is 0. The van der Waals surface area contributed by atoms with Gasteiger partial charge in [0.1, 0.15) is 0 Å². The first-order chi connectivity index (χ1) is 21.0. The Morgan fingerprint density at radius 3 is 1.35 bits per heavy atom. The molecule has 0 aliphatic heterocycles. The molecule has 0 saturated carbocycles. The molecule has 0 saturated heterocycles. The number of rotatable bonds is 18. The van der Waals surface area contributed by atoms with Crippen molar-refractivity contribution in [2.24, 2.45) is 11.8 Å². The van der Waals surface area contributed by atoms with Crippen molar-refractivity contribution >= 4 is 0 Å². The summed E-state index contributed by atoms with van der Waals surface area (Å²) in [6.07, 6.45) is 25.1. The summed E-state index contributed by atoms with van der Waals surface area (Å²) in [6.45, 7) is 11.1. The summed E-state index contributed by atoms with van der Waals surface area (Å²) >= 11 is 0. The van der Waals surface area contributed by atoms with Crippen LogP contribution in [0.2, 0.25) is 0 Å². The van der Waals surface area contributed by atoms with Gasteiger partial charge < -0.3 is 4.74 Å². The van der Waals surface area contributed by atoms with Gasteiger partial charge in [-0.2, -0.15) is 0 Å². The predicted molar refractivity (Wildman–Crippen MR) is 187 cm³/mol. The van der Waals surface area contributed by atoms with E-state index >= 15 is 0 Å². The summed E-state index contributed by atoms with van der Waals surface area (Å²) in [5.74, 6) is 3.07. The highest BCUT2D eigenvalue weighted by Gasteiger charge is 2.18. The Kier molecular flexibility index (Phi) is 14.6. The number of benzene rings is 2. The van der Waals surface area contributed by atoms with E-state index in [1.807, 2.05) is 0 Å². The molecule has 4 rings (SSSR count). The summed E-state index contributed by atoms with van der Waals surface area (Å²) in [6, 6.07) is 19.2. The van der Waals surface area contributed by atoms with Crippen LogP contribution in [-0.2, 0) is 17.6 Å². The Morgan fingerprint density at radius 2 is 1.00 bits per heavy atom. The monoisotopic (exact) mass is 582 g/mol. The number of hydrogen-bond donors (Lipinski definition) is 0. The van der Waals surface area contributed by atoms with Crippen LogP contribution in [0.1, 0.15) is 152 Å². The van der Waals surface area contributed by atoms with Crippen LogP contribution >= 0.6 is 0 Å². The molecule has 0 radical (unpaired) electrons. The van der Waals surface area contributed by atoms with Crippen LogP contribution in [0, 0.1) is 11.8 Å². The second-order valence-corrected chi connectivity index (χ2v) is 14.1. The molecule has 4 atom stereocenters. The SMILES string of the molecule is CCCC(C)CCc1ccc(C2CC=C(CCOCCC3=CCC(c4ccc(CCC(C)CCC)cc4)CC3)CC2)cc1. The second-order valence-electron chi connectivity index (χ2n) is 14.1. The van der Waals surface area contributed by atoms with Crippen LogP contribution in [0.3, 0.4) is 0 Å². The van der Waals surface area contributed by atoms with Crippen molar-refractivity contribution in [3.63, 3.8) is 0 Å². The maximum absolute atomic E-state index is 6.12. The molecule has 0 aromatic heterocycles. The maximum atomic E-state index is 6.12. The normalized spacial score (nSPS) is 20.4. The molecular weight excluding hydrogens is 520 g/mol.